The average molecular weight is 531 g/mol. The lowest BCUT2D eigenvalue weighted by molar-refractivity contribution is -0.154. The molecule has 0 bridgehead atoms. The van der Waals surface area contributed by atoms with Crippen LogP contribution in [0.5, 0.6) is 0 Å². The first-order valence-corrected chi connectivity index (χ1v) is 16.6. The zero-order valence-electron chi connectivity index (χ0n) is 25.8. The van der Waals surface area contributed by atoms with E-state index in [9.17, 15) is 4.79 Å². The smallest absolute Gasteiger partial charge is 0.311 e. The van der Waals surface area contributed by atoms with E-state index in [1.165, 1.54) is 116 Å². The predicted molar refractivity (Wildman–Crippen MR) is 170 cm³/mol. The molecule has 0 heterocycles. The van der Waals surface area contributed by atoms with Crippen LogP contribution in [-0.2, 0) is 9.53 Å². The van der Waals surface area contributed by atoms with E-state index in [1.807, 2.05) is 18.2 Å². The van der Waals surface area contributed by atoms with Crippen molar-refractivity contribution in [3.63, 3.8) is 0 Å². The van der Waals surface area contributed by atoms with Gasteiger partial charge >= 0.3 is 5.97 Å². The van der Waals surface area contributed by atoms with Crippen LogP contribution in [0.1, 0.15) is 173 Å². The van der Waals surface area contributed by atoms with Crippen LogP contribution in [0.3, 0.4) is 0 Å². The zero-order valence-corrected chi connectivity index (χ0v) is 25.8. The van der Waals surface area contributed by atoms with E-state index >= 15 is 0 Å². The number of carbonyl (C=O) groups is 1. The second-order valence-corrected chi connectivity index (χ2v) is 11.7. The molecule has 2 nitrogen and oxygen atoms in total. The van der Waals surface area contributed by atoms with Gasteiger partial charge in [0.25, 0.3) is 0 Å². The monoisotopic (exact) mass is 531 g/mol. The number of ether oxygens (including phenoxy) is 1. The van der Waals surface area contributed by atoms with Gasteiger partial charge in [0.05, 0.1) is 12.5 Å². The summed E-state index contributed by atoms with van der Waals surface area (Å²) in [4.78, 5) is 13.2. The third-order valence-corrected chi connectivity index (χ3v) is 8.31. The molecule has 0 rings (SSSR count). The lowest BCUT2D eigenvalue weighted by atomic mass is 9.74. The average Bonchev–Trinajstić information content (AvgIpc) is 2.93. The number of methoxy groups -OCH3 is 1. The van der Waals surface area contributed by atoms with E-state index in [4.69, 9.17) is 4.74 Å². The Kier molecular flexibility index (Phi) is 27.7. The molecule has 0 aliphatic carbocycles. The highest BCUT2D eigenvalue weighted by Crippen LogP contribution is 2.39. The van der Waals surface area contributed by atoms with Crippen molar-refractivity contribution >= 4 is 5.97 Å². The van der Waals surface area contributed by atoms with Crippen LogP contribution in [-0.4, -0.2) is 13.1 Å². The number of hydrogen-bond donors (Lipinski definition) is 0. The molecule has 0 amide bonds. The summed E-state index contributed by atoms with van der Waals surface area (Å²) in [6, 6.07) is 0. The second-order valence-electron chi connectivity index (χ2n) is 11.7. The van der Waals surface area contributed by atoms with Gasteiger partial charge in [-0.15, -0.1) is 19.7 Å². The van der Waals surface area contributed by atoms with Crippen LogP contribution >= 0.6 is 0 Å². The molecule has 0 aliphatic rings. The van der Waals surface area contributed by atoms with Crippen molar-refractivity contribution in [3.05, 3.63) is 38.0 Å². The Hall–Kier alpha value is -1.31. The fourth-order valence-electron chi connectivity index (χ4n) is 5.81. The van der Waals surface area contributed by atoms with Gasteiger partial charge in [0, 0.05) is 0 Å². The van der Waals surface area contributed by atoms with Crippen LogP contribution in [0.15, 0.2) is 38.0 Å². The van der Waals surface area contributed by atoms with E-state index in [1.54, 1.807) is 7.11 Å². The topological polar surface area (TPSA) is 26.3 Å². The van der Waals surface area contributed by atoms with Gasteiger partial charge in [0.2, 0.25) is 0 Å². The maximum atomic E-state index is 13.2. The molecule has 0 fully saturated rings. The van der Waals surface area contributed by atoms with Gasteiger partial charge in [0.1, 0.15) is 0 Å². The molecular formula is C36H66O2. The van der Waals surface area contributed by atoms with Crippen molar-refractivity contribution in [2.24, 2.45) is 5.41 Å². The van der Waals surface area contributed by atoms with Gasteiger partial charge in [-0.05, 0) is 57.8 Å². The minimum absolute atomic E-state index is 0.0655. The summed E-state index contributed by atoms with van der Waals surface area (Å²) in [6.07, 6.45) is 39.4. The first kappa shape index (κ1) is 36.7. The molecule has 0 aromatic rings. The molecule has 0 aromatic heterocycles. The summed E-state index contributed by atoms with van der Waals surface area (Å²) in [7, 11) is 1.60. The highest BCUT2D eigenvalue weighted by molar-refractivity contribution is 5.76. The highest BCUT2D eigenvalue weighted by Gasteiger charge is 2.37. The SMILES string of the molecule is C=CCCCCCCCCCC(CCCCCCCCCC=C)(CCCCCCCCCC=C)C(=O)OC. The van der Waals surface area contributed by atoms with E-state index in [-0.39, 0.29) is 11.4 Å². The quantitative estimate of drug-likeness (QED) is 0.0506. The standard InChI is InChI=1S/C36H66O2/c1-5-8-11-14-17-20-23-26-29-32-36(35(37)38-4,33-30-27-24-21-18-15-12-9-6-2)34-31-28-25-22-19-16-13-10-7-3/h5-7H,1-3,8-34H2,4H3. The van der Waals surface area contributed by atoms with E-state index in [0.717, 1.165) is 57.8 Å². The van der Waals surface area contributed by atoms with Crippen molar-refractivity contribution in [1.29, 1.82) is 0 Å². The maximum Gasteiger partial charge on any atom is 0.311 e. The van der Waals surface area contributed by atoms with Crippen LogP contribution in [0.25, 0.3) is 0 Å². The Morgan fingerprint density at radius 1 is 0.474 bits per heavy atom. The Bertz CT molecular complexity index is 485. The number of rotatable bonds is 31. The first-order valence-electron chi connectivity index (χ1n) is 16.6. The number of hydrogen-bond acceptors (Lipinski definition) is 2. The summed E-state index contributed by atoms with van der Waals surface area (Å²) in [5, 5.41) is 0. The molecule has 0 aliphatic heterocycles. The summed E-state index contributed by atoms with van der Waals surface area (Å²) < 4.78 is 5.45. The summed E-state index contributed by atoms with van der Waals surface area (Å²) in [5.41, 5.74) is -0.257. The van der Waals surface area contributed by atoms with Gasteiger partial charge in [-0.1, -0.05) is 134 Å². The molecule has 0 N–H and O–H groups in total. The Labute approximate surface area is 239 Å². The highest BCUT2D eigenvalue weighted by atomic mass is 16.5. The van der Waals surface area contributed by atoms with Gasteiger partial charge in [-0.25, -0.2) is 0 Å². The van der Waals surface area contributed by atoms with Gasteiger partial charge in [-0.3, -0.25) is 4.79 Å². The Morgan fingerprint density at radius 2 is 0.711 bits per heavy atom. The lowest BCUT2D eigenvalue weighted by Gasteiger charge is -2.31. The third kappa shape index (κ3) is 21.6. The van der Waals surface area contributed by atoms with Crippen molar-refractivity contribution in [3.8, 4) is 0 Å². The van der Waals surface area contributed by atoms with E-state index < -0.39 is 0 Å². The molecule has 0 aromatic carbocycles. The minimum Gasteiger partial charge on any atom is -0.469 e. The summed E-state index contributed by atoms with van der Waals surface area (Å²) in [6.45, 7) is 11.5. The number of unbranched alkanes of at least 4 members (excludes halogenated alkanes) is 21. The third-order valence-electron chi connectivity index (χ3n) is 8.31. The maximum absolute atomic E-state index is 13.2. The summed E-state index contributed by atoms with van der Waals surface area (Å²) >= 11 is 0. The fraction of sp³-hybridized carbons (Fsp3) is 0.806. The first-order chi connectivity index (χ1) is 18.7. The van der Waals surface area contributed by atoms with Crippen LogP contribution < -0.4 is 0 Å². The Morgan fingerprint density at radius 3 is 0.947 bits per heavy atom. The van der Waals surface area contributed by atoms with E-state index in [0.29, 0.717) is 0 Å². The Balaban J connectivity index is 4.59. The fourth-order valence-corrected chi connectivity index (χ4v) is 5.81. The van der Waals surface area contributed by atoms with Gasteiger partial charge in [-0.2, -0.15) is 0 Å². The normalized spacial score (nSPS) is 11.4. The summed E-state index contributed by atoms with van der Waals surface area (Å²) in [5.74, 6) is 0.0655. The number of allylic oxidation sites excluding steroid dienone is 3. The molecule has 0 saturated heterocycles. The van der Waals surface area contributed by atoms with E-state index in [2.05, 4.69) is 19.7 Å². The number of carbonyl (C=O) groups excluding carboxylic acids is 1. The molecule has 38 heavy (non-hydrogen) atoms. The van der Waals surface area contributed by atoms with Gasteiger partial charge < -0.3 is 4.74 Å². The van der Waals surface area contributed by atoms with Gasteiger partial charge in [0.15, 0.2) is 0 Å². The molecule has 2 heteroatoms. The molecule has 222 valence electrons. The molecule has 0 spiro atoms. The van der Waals surface area contributed by atoms with Crippen molar-refractivity contribution in [2.45, 2.75) is 173 Å². The molecular weight excluding hydrogens is 464 g/mol. The zero-order chi connectivity index (χ0) is 28.0. The van der Waals surface area contributed by atoms with Crippen LogP contribution in [0.4, 0.5) is 0 Å². The second kappa shape index (κ2) is 28.7. The van der Waals surface area contributed by atoms with Crippen LogP contribution in [0, 0.1) is 5.41 Å². The van der Waals surface area contributed by atoms with Crippen molar-refractivity contribution in [1.82, 2.24) is 0 Å². The molecule has 0 atom stereocenters. The molecule has 0 radical (unpaired) electrons. The molecule has 0 unspecified atom stereocenters. The predicted octanol–water partition coefficient (Wildman–Crippen LogP) is 12.2. The largest absolute Gasteiger partial charge is 0.469 e. The van der Waals surface area contributed by atoms with Crippen molar-refractivity contribution < 1.29 is 9.53 Å². The molecule has 0 saturated carbocycles. The minimum atomic E-state index is -0.257. The van der Waals surface area contributed by atoms with Crippen molar-refractivity contribution in [2.75, 3.05) is 7.11 Å². The number of esters is 1. The lowest BCUT2D eigenvalue weighted by Crippen LogP contribution is -2.32. The van der Waals surface area contributed by atoms with Crippen LogP contribution in [0.2, 0.25) is 0 Å².